The highest BCUT2D eigenvalue weighted by atomic mass is 32.2. The number of hydrogen-bond donors (Lipinski definition) is 0. The van der Waals surface area contributed by atoms with Gasteiger partial charge in [-0.15, -0.1) is 0 Å². The summed E-state index contributed by atoms with van der Waals surface area (Å²) in [5.41, 5.74) is 2.33. The molecule has 4 rings (SSSR count). The molecule has 2 aromatic carbocycles. The predicted molar refractivity (Wildman–Crippen MR) is 128 cm³/mol. The zero-order valence-electron chi connectivity index (χ0n) is 19.2. The molecule has 1 aliphatic heterocycles. The number of amides is 1. The normalized spacial score (nSPS) is 15.2. The molecular formula is C25H29N3O4S. The van der Waals surface area contributed by atoms with Crippen molar-refractivity contribution in [1.29, 1.82) is 0 Å². The molecule has 1 amide bonds. The smallest absolute Gasteiger partial charge is 0.245 e. The van der Waals surface area contributed by atoms with E-state index in [0.29, 0.717) is 18.6 Å². The summed E-state index contributed by atoms with van der Waals surface area (Å²) in [6.45, 7) is 7.08. The van der Waals surface area contributed by atoms with Crippen LogP contribution >= 0.6 is 0 Å². The van der Waals surface area contributed by atoms with Crippen molar-refractivity contribution >= 4 is 26.8 Å². The van der Waals surface area contributed by atoms with E-state index < -0.39 is 10.0 Å². The largest absolute Gasteiger partial charge is 0.491 e. The average molecular weight is 468 g/mol. The summed E-state index contributed by atoms with van der Waals surface area (Å²) in [6.07, 6.45) is 2.00. The van der Waals surface area contributed by atoms with Crippen LogP contribution in [-0.4, -0.2) is 60.8 Å². The number of para-hydroxylation sites is 1. The van der Waals surface area contributed by atoms with Crippen LogP contribution in [0.25, 0.3) is 10.9 Å². The second-order valence-electron chi connectivity index (χ2n) is 8.62. The van der Waals surface area contributed by atoms with E-state index in [4.69, 9.17) is 4.74 Å². The van der Waals surface area contributed by atoms with Crippen LogP contribution in [0.4, 0.5) is 0 Å². The van der Waals surface area contributed by atoms with E-state index in [-0.39, 0.29) is 36.4 Å². The molecular weight excluding hydrogens is 438 g/mol. The van der Waals surface area contributed by atoms with Gasteiger partial charge < -0.3 is 9.64 Å². The van der Waals surface area contributed by atoms with Crippen molar-refractivity contribution in [3.63, 3.8) is 0 Å². The van der Waals surface area contributed by atoms with Crippen LogP contribution in [-0.2, 0) is 21.2 Å². The molecule has 3 aromatic rings. The summed E-state index contributed by atoms with van der Waals surface area (Å²) in [7, 11) is -3.71. The van der Waals surface area contributed by atoms with Gasteiger partial charge in [0.05, 0.1) is 18.0 Å². The highest BCUT2D eigenvalue weighted by Gasteiger charge is 2.31. The maximum Gasteiger partial charge on any atom is 0.245 e. The summed E-state index contributed by atoms with van der Waals surface area (Å²) < 4.78 is 33.9. The Morgan fingerprint density at radius 2 is 1.79 bits per heavy atom. The standard InChI is InChI=1S/C25H29N3O4S/c1-18(2)32-22-8-4-6-20(15-22)16-24(29)27-10-12-28(13-11-27)33(30,31)23-9-5-7-21-14-19(3)17-26-25(21)23/h4-9,14-15,17-18H,10-13,16H2,1-3H3. The van der Waals surface area contributed by atoms with Gasteiger partial charge >= 0.3 is 0 Å². The van der Waals surface area contributed by atoms with Crippen molar-refractivity contribution in [2.24, 2.45) is 0 Å². The summed E-state index contributed by atoms with van der Waals surface area (Å²) in [4.78, 5) is 19.2. The van der Waals surface area contributed by atoms with Crippen LogP contribution < -0.4 is 4.74 Å². The third kappa shape index (κ3) is 5.17. The molecule has 1 saturated heterocycles. The number of ether oxygens (including phenoxy) is 1. The first-order valence-corrected chi connectivity index (χ1v) is 12.6. The Labute approximate surface area is 195 Å². The lowest BCUT2D eigenvalue weighted by atomic mass is 10.1. The van der Waals surface area contributed by atoms with Gasteiger partial charge in [-0.3, -0.25) is 9.78 Å². The molecule has 0 aliphatic carbocycles. The molecule has 0 spiro atoms. The van der Waals surface area contributed by atoms with Gasteiger partial charge in [0.15, 0.2) is 0 Å². The Morgan fingerprint density at radius 3 is 2.52 bits per heavy atom. The maximum absolute atomic E-state index is 13.3. The summed E-state index contributed by atoms with van der Waals surface area (Å²) in [5, 5.41) is 0.800. The van der Waals surface area contributed by atoms with Crippen LogP contribution in [0.15, 0.2) is 59.6 Å². The summed E-state index contributed by atoms with van der Waals surface area (Å²) in [5.74, 6) is 0.723. The van der Waals surface area contributed by atoms with Crippen molar-refractivity contribution in [1.82, 2.24) is 14.2 Å². The fraction of sp³-hybridized carbons (Fsp3) is 0.360. The molecule has 8 heteroatoms. The number of carbonyl (C=O) groups is 1. The predicted octanol–water partition coefficient (Wildman–Crippen LogP) is 3.41. The quantitative estimate of drug-likeness (QED) is 0.555. The zero-order valence-corrected chi connectivity index (χ0v) is 20.0. The van der Waals surface area contributed by atoms with Gasteiger partial charge in [-0.2, -0.15) is 4.31 Å². The molecule has 0 saturated carbocycles. The topological polar surface area (TPSA) is 79.8 Å². The van der Waals surface area contributed by atoms with Gasteiger partial charge in [-0.05, 0) is 56.2 Å². The van der Waals surface area contributed by atoms with Crippen molar-refractivity contribution in [3.8, 4) is 5.75 Å². The Kier molecular flexibility index (Phi) is 6.67. The number of carbonyl (C=O) groups excluding carboxylic acids is 1. The fourth-order valence-corrected chi connectivity index (χ4v) is 5.64. The first-order chi connectivity index (χ1) is 15.7. The Morgan fingerprint density at radius 1 is 1.06 bits per heavy atom. The number of aromatic nitrogens is 1. The lowest BCUT2D eigenvalue weighted by molar-refractivity contribution is -0.131. The van der Waals surface area contributed by atoms with Crippen molar-refractivity contribution < 1.29 is 17.9 Å². The van der Waals surface area contributed by atoms with Crippen molar-refractivity contribution in [2.75, 3.05) is 26.2 Å². The van der Waals surface area contributed by atoms with E-state index in [2.05, 4.69) is 4.98 Å². The maximum atomic E-state index is 13.3. The lowest BCUT2D eigenvalue weighted by Crippen LogP contribution is -2.50. The molecule has 1 fully saturated rings. The highest BCUT2D eigenvalue weighted by Crippen LogP contribution is 2.26. The van der Waals surface area contributed by atoms with Gasteiger partial charge in [0.2, 0.25) is 15.9 Å². The molecule has 0 radical (unpaired) electrons. The third-order valence-corrected chi connectivity index (χ3v) is 7.58. The molecule has 2 heterocycles. The van der Waals surface area contributed by atoms with E-state index in [1.165, 1.54) is 4.31 Å². The SMILES string of the molecule is Cc1cnc2c(S(=O)(=O)N3CCN(C(=O)Cc4cccc(OC(C)C)c4)CC3)cccc2c1. The van der Waals surface area contributed by atoms with Crippen LogP contribution in [0.3, 0.4) is 0 Å². The van der Waals surface area contributed by atoms with E-state index in [1.807, 2.05) is 57.2 Å². The van der Waals surface area contributed by atoms with Gasteiger partial charge in [0, 0.05) is 37.8 Å². The number of fused-ring (bicyclic) bond motifs is 1. The highest BCUT2D eigenvalue weighted by molar-refractivity contribution is 7.89. The Hall–Kier alpha value is -2.97. The van der Waals surface area contributed by atoms with Gasteiger partial charge in [-0.1, -0.05) is 24.3 Å². The molecule has 33 heavy (non-hydrogen) atoms. The van der Waals surface area contributed by atoms with Gasteiger partial charge in [0.1, 0.15) is 10.6 Å². The molecule has 0 atom stereocenters. The van der Waals surface area contributed by atoms with Gasteiger partial charge in [-0.25, -0.2) is 8.42 Å². The van der Waals surface area contributed by atoms with Crippen LogP contribution in [0.2, 0.25) is 0 Å². The monoisotopic (exact) mass is 467 g/mol. The zero-order chi connectivity index (χ0) is 23.6. The number of hydrogen-bond acceptors (Lipinski definition) is 5. The number of aryl methyl sites for hydroxylation is 1. The second kappa shape index (κ2) is 9.49. The first-order valence-electron chi connectivity index (χ1n) is 11.1. The summed E-state index contributed by atoms with van der Waals surface area (Å²) >= 11 is 0. The van der Waals surface area contributed by atoms with Crippen molar-refractivity contribution in [2.45, 2.75) is 38.2 Å². The lowest BCUT2D eigenvalue weighted by Gasteiger charge is -2.34. The van der Waals surface area contributed by atoms with Crippen LogP contribution in [0, 0.1) is 6.92 Å². The van der Waals surface area contributed by atoms with Gasteiger partial charge in [0.25, 0.3) is 0 Å². The third-order valence-electron chi connectivity index (χ3n) is 5.65. The Bertz CT molecular complexity index is 1270. The van der Waals surface area contributed by atoms with Crippen molar-refractivity contribution in [3.05, 3.63) is 65.9 Å². The Balaban J connectivity index is 1.43. The van der Waals surface area contributed by atoms with E-state index >= 15 is 0 Å². The number of sulfonamides is 1. The van der Waals surface area contributed by atoms with Crippen LogP contribution in [0.5, 0.6) is 5.75 Å². The van der Waals surface area contributed by atoms with E-state index in [0.717, 1.165) is 22.3 Å². The molecule has 174 valence electrons. The number of benzene rings is 2. The molecule has 1 aromatic heterocycles. The van der Waals surface area contributed by atoms with E-state index in [9.17, 15) is 13.2 Å². The van der Waals surface area contributed by atoms with E-state index in [1.54, 1.807) is 23.2 Å². The number of piperazine rings is 1. The first kappa shape index (κ1) is 23.2. The minimum absolute atomic E-state index is 0.0175. The molecule has 7 nitrogen and oxygen atoms in total. The molecule has 0 N–H and O–H groups in total. The number of nitrogens with zero attached hydrogens (tertiary/aromatic N) is 3. The summed E-state index contributed by atoms with van der Waals surface area (Å²) in [6, 6.07) is 14.7. The molecule has 1 aliphatic rings. The minimum Gasteiger partial charge on any atom is -0.491 e. The number of rotatable bonds is 6. The minimum atomic E-state index is -3.71. The molecule has 0 unspecified atom stereocenters. The fourth-order valence-electron chi connectivity index (χ4n) is 4.06. The average Bonchev–Trinajstić information content (AvgIpc) is 2.78. The molecule has 0 bridgehead atoms. The number of pyridine rings is 1. The second-order valence-corrected chi connectivity index (χ2v) is 10.5. The van der Waals surface area contributed by atoms with Crippen LogP contribution in [0.1, 0.15) is 25.0 Å².